The van der Waals surface area contributed by atoms with Crippen LogP contribution in [0.25, 0.3) is 0 Å². The molecule has 0 radical (unpaired) electrons. The number of hydrogen-bond acceptors (Lipinski definition) is 4. The van der Waals surface area contributed by atoms with E-state index in [0.717, 1.165) is 15.7 Å². The third-order valence-corrected chi connectivity index (χ3v) is 4.25. The van der Waals surface area contributed by atoms with Gasteiger partial charge in [0.1, 0.15) is 17.5 Å². The van der Waals surface area contributed by atoms with Crippen LogP contribution in [0.2, 0.25) is 5.02 Å². The van der Waals surface area contributed by atoms with E-state index in [0.29, 0.717) is 22.5 Å². The summed E-state index contributed by atoms with van der Waals surface area (Å²) in [6.07, 6.45) is 0. The second-order valence-electron chi connectivity index (χ2n) is 5.91. The van der Waals surface area contributed by atoms with E-state index in [1.807, 2.05) is 25.1 Å². The monoisotopic (exact) mass is 368 g/mol. The number of anilines is 3. The second-order valence-corrected chi connectivity index (χ2v) is 7.17. The van der Waals surface area contributed by atoms with Crippen molar-refractivity contribution in [3.63, 3.8) is 0 Å². The van der Waals surface area contributed by atoms with Gasteiger partial charge in [0.15, 0.2) is 0 Å². The van der Waals surface area contributed by atoms with E-state index in [9.17, 15) is 0 Å². The number of rotatable bonds is 2. The van der Waals surface area contributed by atoms with Gasteiger partial charge in [-0.3, -0.25) is 0 Å². The lowest BCUT2D eigenvalue weighted by Crippen LogP contribution is -2.18. The second kappa shape index (κ2) is 5.81. The SMILES string of the molecule is Cc1c(N)nc(C(C)(C)C)nc1Nc1ccc(Cl)c(Br)c1. The van der Waals surface area contributed by atoms with Crippen LogP contribution < -0.4 is 11.1 Å². The minimum atomic E-state index is -0.168. The fourth-order valence-electron chi connectivity index (χ4n) is 1.70. The Hall–Kier alpha value is -1.33. The lowest BCUT2D eigenvalue weighted by atomic mass is 9.95. The Bertz CT molecular complexity index is 680. The van der Waals surface area contributed by atoms with Crippen LogP contribution in [0.4, 0.5) is 17.3 Å². The molecule has 0 saturated heterocycles. The number of nitrogen functional groups attached to an aromatic ring is 1. The van der Waals surface area contributed by atoms with E-state index in [1.165, 1.54) is 0 Å². The molecule has 0 fully saturated rings. The molecule has 0 aliphatic carbocycles. The van der Waals surface area contributed by atoms with Gasteiger partial charge in [-0.25, -0.2) is 9.97 Å². The van der Waals surface area contributed by atoms with Gasteiger partial charge >= 0.3 is 0 Å². The van der Waals surface area contributed by atoms with Crippen molar-refractivity contribution in [2.75, 3.05) is 11.1 Å². The minimum Gasteiger partial charge on any atom is -0.383 e. The van der Waals surface area contributed by atoms with Crippen molar-refractivity contribution in [2.24, 2.45) is 0 Å². The first-order chi connectivity index (χ1) is 9.68. The van der Waals surface area contributed by atoms with E-state index in [-0.39, 0.29) is 5.41 Å². The lowest BCUT2D eigenvalue weighted by Gasteiger charge is -2.20. The molecule has 1 aromatic heterocycles. The maximum atomic E-state index is 6.00. The van der Waals surface area contributed by atoms with Gasteiger partial charge in [-0.15, -0.1) is 0 Å². The fraction of sp³-hybridized carbons (Fsp3) is 0.333. The third kappa shape index (κ3) is 3.66. The van der Waals surface area contributed by atoms with E-state index < -0.39 is 0 Å². The zero-order valence-corrected chi connectivity index (χ0v) is 14.8. The van der Waals surface area contributed by atoms with E-state index in [1.54, 1.807) is 0 Å². The molecule has 1 heterocycles. The van der Waals surface area contributed by atoms with Gasteiger partial charge in [-0.05, 0) is 41.1 Å². The van der Waals surface area contributed by atoms with Crippen LogP contribution in [0.5, 0.6) is 0 Å². The Morgan fingerprint density at radius 3 is 2.48 bits per heavy atom. The van der Waals surface area contributed by atoms with Crippen molar-refractivity contribution in [3.8, 4) is 0 Å². The summed E-state index contributed by atoms with van der Waals surface area (Å²) in [7, 11) is 0. The largest absolute Gasteiger partial charge is 0.383 e. The maximum absolute atomic E-state index is 6.00. The van der Waals surface area contributed by atoms with Crippen molar-refractivity contribution < 1.29 is 0 Å². The third-order valence-electron chi connectivity index (χ3n) is 3.04. The van der Waals surface area contributed by atoms with Crippen molar-refractivity contribution in [3.05, 3.63) is 39.1 Å². The maximum Gasteiger partial charge on any atom is 0.139 e. The van der Waals surface area contributed by atoms with Gasteiger partial charge in [0.05, 0.1) is 5.02 Å². The van der Waals surface area contributed by atoms with Crippen molar-refractivity contribution in [1.29, 1.82) is 0 Å². The average Bonchev–Trinajstić information content (AvgIpc) is 2.38. The topological polar surface area (TPSA) is 63.8 Å². The van der Waals surface area contributed by atoms with Gasteiger partial charge < -0.3 is 11.1 Å². The van der Waals surface area contributed by atoms with Gasteiger partial charge in [0.25, 0.3) is 0 Å². The summed E-state index contributed by atoms with van der Waals surface area (Å²) >= 11 is 9.41. The van der Waals surface area contributed by atoms with E-state index in [4.69, 9.17) is 17.3 Å². The molecular formula is C15H18BrClN4. The number of halogens is 2. The Labute approximate surface area is 138 Å². The summed E-state index contributed by atoms with van der Waals surface area (Å²) < 4.78 is 0.824. The molecule has 2 rings (SSSR count). The average molecular weight is 370 g/mol. The molecule has 0 aliphatic rings. The minimum absolute atomic E-state index is 0.168. The molecule has 0 amide bonds. The fourth-order valence-corrected chi connectivity index (χ4v) is 2.20. The highest BCUT2D eigenvalue weighted by atomic mass is 79.9. The van der Waals surface area contributed by atoms with Crippen molar-refractivity contribution >= 4 is 44.9 Å². The summed E-state index contributed by atoms with van der Waals surface area (Å²) in [5.41, 5.74) is 7.55. The van der Waals surface area contributed by atoms with Crippen LogP contribution in [0.1, 0.15) is 32.2 Å². The highest BCUT2D eigenvalue weighted by Gasteiger charge is 2.20. The smallest absolute Gasteiger partial charge is 0.139 e. The Kier molecular flexibility index (Phi) is 4.44. The Balaban J connectivity index is 2.43. The first-order valence-corrected chi connectivity index (χ1v) is 7.72. The molecule has 0 bridgehead atoms. The van der Waals surface area contributed by atoms with Gasteiger partial charge in [-0.2, -0.15) is 0 Å². The highest BCUT2D eigenvalue weighted by Crippen LogP contribution is 2.30. The van der Waals surface area contributed by atoms with Crippen LogP contribution in [0, 0.1) is 6.92 Å². The molecular weight excluding hydrogens is 352 g/mol. The summed E-state index contributed by atoms with van der Waals surface area (Å²) in [6.45, 7) is 8.06. The number of hydrogen-bond donors (Lipinski definition) is 2. The molecule has 4 nitrogen and oxygen atoms in total. The summed E-state index contributed by atoms with van der Waals surface area (Å²) in [5, 5.41) is 3.94. The number of nitrogens with one attached hydrogen (secondary N) is 1. The number of nitrogens with zero attached hydrogens (tertiary/aromatic N) is 2. The lowest BCUT2D eigenvalue weighted by molar-refractivity contribution is 0.546. The molecule has 0 spiro atoms. The predicted molar refractivity (Wildman–Crippen MR) is 92.3 cm³/mol. The van der Waals surface area contributed by atoms with Crippen LogP contribution in [0.15, 0.2) is 22.7 Å². The van der Waals surface area contributed by atoms with Crippen LogP contribution in [-0.2, 0) is 5.41 Å². The summed E-state index contributed by atoms with van der Waals surface area (Å²) in [4.78, 5) is 8.98. The quantitative estimate of drug-likeness (QED) is 0.796. The summed E-state index contributed by atoms with van der Waals surface area (Å²) in [5.74, 6) is 1.91. The molecule has 0 unspecified atom stereocenters. The molecule has 0 atom stereocenters. The first-order valence-electron chi connectivity index (χ1n) is 6.55. The van der Waals surface area contributed by atoms with Gasteiger partial charge in [-0.1, -0.05) is 32.4 Å². The molecule has 6 heteroatoms. The van der Waals surface area contributed by atoms with Gasteiger partial charge in [0.2, 0.25) is 0 Å². The Morgan fingerprint density at radius 1 is 1.24 bits per heavy atom. The van der Waals surface area contributed by atoms with Crippen LogP contribution >= 0.6 is 27.5 Å². The normalized spacial score (nSPS) is 11.5. The van der Waals surface area contributed by atoms with Crippen LogP contribution in [0.3, 0.4) is 0 Å². The zero-order chi connectivity index (χ0) is 15.8. The molecule has 2 aromatic rings. The van der Waals surface area contributed by atoms with E-state index >= 15 is 0 Å². The number of benzene rings is 1. The van der Waals surface area contributed by atoms with Gasteiger partial charge in [0, 0.05) is 21.1 Å². The molecule has 21 heavy (non-hydrogen) atoms. The highest BCUT2D eigenvalue weighted by molar-refractivity contribution is 9.10. The van der Waals surface area contributed by atoms with Crippen molar-refractivity contribution in [2.45, 2.75) is 33.1 Å². The first kappa shape index (κ1) is 16.0. The van der Waals surface area contributed by atoms with Crippen molar-refractivity contribution in [1.82, 2.24) is 9.97 Å². The number of aromatic nitrogens is 2. The molecule has 3 N–H and O–H groups in total. The molecule has 112 valence electrons. The molecule has 1 aromatic carbocycles. The van der Waals surface area contributed by atoms with E-state index in [2.05, 4.69) is 52.0 Å². The molecule has 0 saturated carbocycles. The Morgan fingerprint density at radius 2 is 1.90 bits per heavy atom. The molecule has 0 aliphatic heterocycles. The van der Waals surface area contributed by atoms with Crippen LogP contribution in [-0.4, -0.2) is 9.97 Å². The zero-order valence-electron chi connectivity index (χ0n) is 12.5. The predicted octanol–water partition coefficient (Wildman–Crippen LogP) is 4.82. The number of nitrogens with two attached hydrogens (primary N) is 1. The summed E-state index contributed by atoms with van der Waals surface area (Å²) in [6, 6.07) is 5.61. The standard InChI is InChI=1S/C15H18BrClN4/c1-8-12(18)20-14(15(2,3)4)21-13(8)19-9-5-6-11(17)10(16)7-9/h5-7H,1-4H3,(H3,18,19,20,21).